The maximum Gasteiger partial charge on any atom is 0.408 e. The zero-order valence-corrected chi connectivity index (χ0v) is 20.6. The number of ether oxygens (including phenoxy) is 2. The van der Waals surface area contributed by atoms with Crippen LogP contribution in [0, 0.1) is 0 Å². The van der Waals surface area contributed by atoms with Crippen molar-refractivity contribution < 1.29 is 33.4 Å². The van der Waals surface area contributed by atoms with Gasteiger partial charge in [0.2, 0.25) is 17.7 Å². The van der Waals surface area contributed by atoms with Gasteiger partial charge in [-0.15, -0.1) is 0 Å². The van der Waals surface area contributed by atoms with Crippen molar-refractivity contribution in [2.24, 2.45) is 0 Å². The van der Waals surface area contributed by atoms with Crippen molar-refractivity contribution in [2.45, 2.75) is 64.8 Å². The van der Waals surface area contributed by atoms with E-state index < -0.39 is 47.5 Å². The number of nitrogens with one attached hydrogen (secondary N) is 3. The van der Waals surface area contributed by atoms with Crippen molar-refractivity contribution >= 4 is 29.8 Å². The number of carbonyl (C=O) groups excluding carboxylic acids is 5. The summed E-state index contributed by atoms with van der Waals surface area (Å²) in [6.45, 7) is 6.35. The summed E-state index contributed by atoms with van der Waals surface area (Å²) in [5.41, 5.74) is 0.150. The number of amides is 4. The van der Waals surface area contributed by atoms with E-state index in [1.165, 1.54) is 11.8 Å². The second-order valence-corrected chi connectivity index (χ2v) is 9.20. The van der Waals surface area contributed by atoms with Gasteiger partial charge in [-0.1, -0.05) is 30.3 Å². The Kier molecular flexibility index (Phi) is 10.0. The fourth-order valence-corrected chi connectivity index (χ4v) is 3.41. The number of rotatable bonds is 9. The predicted molar refractivity (Wildman–Crippen MR) is 126 cm³/mol. The normalized spacial score (nSPS) is 16.1. The van der Waals surface area contributed by atoms with Gasteiger partial charge in [0, 0.05) is 6.54 Å². The van der Waals surface area contributed by atoms with Crippen LogP contribution >= 0.6 is 0 Å². The first-order valence-electron chi connectivity index (χ1n) is 11.5. The summed E-state index contributed by atoms with van der Waals surface area (Å²) in [7, 11) is 0. The fraction of sp³-hybridized carbons (Fsp3) is 0.542. The summed E-state index contributed by atoms with van der Waals surface area (Å²) in [5.74, 6) is -2.07. The molecule has 0 aliphatic carbocycles. The molecule has 0 aromatic heterocycles. The maximum atomic E-state index is 12.9. The lowest BCUT2D eigenvalue weighted by Crippen LogP contribution is -2.52. The number of alkyl carbamates (subject to hydrolysis) is 1. The summed E-state index contributed by atoms with van der Waals surface area (Å²) in [6.07, 6.45) is 0.387. The second kappa shape index (κ2) is 12.7. The Bertz CT molecular complexity index is 914. The Morgan fingerprint density at radius 2 is 1.69 bits per heavy atom. The van der Waals surface area contributed by atoms with Crippen LogP contribution in [0.4, 0.5) is 4.79 Å². The highest BCUT2D eigenvalue weighted by atomic mass is 16.6. The molecule has 1 heterocycles. The Hall–Kier alpha value is -3.63. The predicted octanol–water partition coefficient (Wildman–Crippen LogP) is 0.866. The van der Waals surface area contributed by atoms with Crippen LogP contribution in [0.25, 0.3) is 0 Å². The average molecular weight is 491 g/mol. The largest absolute Gasteiger partial charge is 0.459 e. The molecule has 192 valence electrons. The molecule has 11 nitrogen and oxygen atoms in total. The van der Waals surface area contributed by atoms with Gasteiger partial charge in [0.05, 0.1) is 6.54 Å². The summed E-state index contributed by atoms with van der Waals surface area (Å²) < 4.78 is 10.4. The zero-order valence-electron chi connectivity index (χ0n) is 20.6. The van der Waals surface area contributed by atoms with Gasteiger partial charge in [0.25, 0.3) is 0 Å². The number of hydrogen-bond acceptors (Lipinski definition) is 7. The molecule has 11 heteroatoms. The van der Waals surface area contributed by atoms with Gasteiger partial charge in [-0.25, -0.2) is 9.59 Å². The summed E-state index contributed by atoms with van der Waals surface area (Å²) in [5, 5.41) is 7.16. The number of carbonyl (C=O) groups is 5. The van der Waals surface area contributed by atoms with Crippen molar-refractivity contribution in [2.75, 3.05) is 19.6 Å². The van der Waals surface area contributed by atoms with Crippen LogP contribution in [0.15, 0.2) is 30.3 Å². The van der Waals surface area contributed by atoms with E-state index in [0.29, 0.717) is 19.4 Å². The molecule has 35 heavy (non-hydrogen) atoms. The van der Waals surface area contributed by atoms with E-state index in [4.69, 9.17) is 9.47 Å². The second-order valence-electron chi connectivity index (χ2n) is 9.20. The highest BCUT2D eigenvalue weighted by Gasteiger charge is 2.37. The molecule has 1 saturated heterocycles. The van der Waals surface area contributed by atoms with Gasteiger partial charge < -0.3 is 30.3 Å². The third-order valence-electron chi connectivity index (χ3n) is 5.02. The number of hydrogen-bond donors (Lipinski definition) is 3. The number of likely N-dealkylation sites (tertiary alicyclic amines) is 1. The van der Waals surface area contributed by atoms with Crippen LogP contribution in [0.5, 0.6) is 0 Å². The van der Waals surface area contributed by atoms with Crippen LogP contribution in [0.1, 0.15) is 46.1 Å². The molecule has 3 N–H and O–H groups in total. The molecule has 1 aliphatic heterocycles. The van der Waals surface area contributed by atoms with E-state index in [1.807, 2.05) is 30.3 Å². The SMILES string of the molecule is C[C@H](NC(=O)CNC(=O)CNC(=O)OC(C)(C)C)C(=O)N1CCC[C@H]1C(=O)OCc1ccccc1. The molecule has 2 rings (SSSR count). The van der Waals surface area contributed by atoms with Crippen molar-refractivity contribution in [3.63, 3.8) is 0 Å². The number of esters is 1. The Morgan fingerprint density at radius 1 is 1.03 bits per heavy atom. The summed E-state index contributed by atoms with van der Waals surface area (Å²) >= 11 is 0. The molecule has 0 bridgehead atoms. The number of benzene rings is 1. The van der Waals surface area contributed by atoms with Gasteiger partial charge in [-0.2, -0.15) is 0 Å². The smallest absolute Gasteiger partial charge is 0.408 e. The first kappa shape index (κ1) is 27.6. The van der Waals surface area contributed by atoms with Crippen molar-refractivity contribution in [3.05, 3.63) is 35.9 Å². The van der Waals surface area contributed by atoms with Crippen molar-refractivity contribution in [3.8, 4) is 0 Å². The van der Waals surface area contributed by atoms with E-state index in [9.17, 15) is 24.0 Å². The van der Waals surface area contributed by atoms with Gasteiger partial charge in [0.1, 0.15) is 30.8 Å². The zero-order chi connectivity index (χ0) is 26.0. The third-order valence-corrected chi connectivity index (χ3v) is 5.02. The van der Waals surface area contributed by atoms with E-state index in [-0.39, 0.29) is 19.7 Å². The highest BCUT2D eigenvalue weighted by molar-refractivity contribution is 5.92. The molecular formula is C24H34N4O7. The average Bonchev–Trinajstić information content (AvgIpc) is 3.29. The molecule has 1 aliphatic rings. The van der Waals surface area contributed by atoms with E-state index in [0.717, 1.165) is 5.56 Å². The first-order chi connectivity index (χ1) is 16.5. The minimum Gasteiger partial charge on any atom is -0.459 e. The third kappa shape index (κ3) is 9.63. The lowest BCUT2D eigenvalue weighted by atomic mass is 10.2. The van der Waals surface area contributed by atoms with Crippen LogP contribution in [0.2, 0.25) is 0 Å². The minimum absolute atomic E-state index is 0.118. The molecule has 4 amide bonds. The Morgan fingerprint density at radius 3 is 2.34 bits per heavy atom. The van der Waals surface area contributed by atoms with E-state index >= 15 is 0 Å². The van der Waals surface area contributed by atoms with Crippen LogP contribution < -0.4 is 16.0 Å². The molecule has 0 spiro atoms. The van der Waals surface area contributed by atoms with E-state index in [1.54, 1.807) is 20.8 Å². The first-order valence-corrected chi connectivity index (χ1v) is 11.5. The van der Waals surface area contributed by atoms with Gasteiger partial charge >= 0.3 is 12.1 Å². The van der Waals surface area contributed by atoms with Crippen LogP contribution in [-0.2, 0) is 35.3 Å². The van der Waals surface area contributed by atoms with Crippen molar-refractivity contribution in [1.82, 2.24) is 20.9 Å². The molecule has 1 fully saturated rings. The van der Waals surface area contributed by atoms with Gasteiger partial charge in [-0.3, -0.25) is 14.4 Å². The summed E-state index contributed by atoms with van der Waals surface area (Å²) in [6, 6.07) is 7.64. The topological polar surface area (TPSA) is 143 Å². The van der Waals surface area contributed by atoms with Crippen LogP contribution in [-0.4, -0.2) is 72.0 Å². The number of nitrogens with zero attached hydrogens (tertiary/aromatic N) is 1. The van der Waals surface area contributed by atoms with Crippen molar-refractivity contribution in [1.29, 1.82) is 0 Å². The lowest BCUT2D eigenvalue weighted by molar-refractivity contribution is -0.155. The van der Waals surface area contributed by atoms with Gasteiger partial charge in [0.15, 0.2) is 0 Å². The minimum atomic E-state index is -0.901. The molecule has 2 atom stereocenters. The highest BCUT2D eigenvalue weighted by Crippen LogP contribution is 2.20. The molecular weight excluding hydrogens is 456 g/mol. The quantitative estimate of drug-likeness (QED) is 0.436. The fourth-order valence-electron chi connectivity index (χ4n) is 3.41. The van der Waals surface area contributed by atoms with Gasteiger partial charge in [-0.05, 0) is 46.1 Å². The Balaban J connectivity index is 1.75. The summed E-state index contributed by atoms with van der Waals surface area (Å²) in [4.78, 5) is 62.4. The molecule has 1 aromatic rings. The van der Waals surface area contributed by atoms with E-state index in [2.05, 4.69) is 16.0 Å². The standard InChI is InChI=1S/C24H34N4O7/c1-16(27-20(30)14-25-19(29)13-26-23(33)35-24(2,3)4)21(31)28-12-8-11-18(28)22(32)34-15-17-9-6-5-7-10-17/h5-7,9-10,16,18H,8,11-15H2,1-4H3,(H,25,29)(H,26,33)(H,27,30)/t16-,18-/m0/s1. The molecule has 0 unspecified atom stereocenters. The molecule has 1 aromatic carbocycles. The maximum absolute atomic E-state index is 12.9. The van der Waals surface area contributed by atoms with Crippen LogP contribution in [0.3, 0.4) is 0 Å². The molecule has 0 saturated carbocycles. The lowest BCUT2D eigenvalue weighted by Gasteiger charge is -2.26. The molecule has 0 radical (unpaired) electrons. The Labute approximate surface area is 204 Å². The monoisotopic (exact) mass is 490 g/mol.